The fourth-order valence-electron chi connectivity index (χ4n) is 4.64. The lowest BCUT2D eigenvalue weighted by atomic mass is 9.83. The molecule has 2 rings (SSSR count). The standard InChI is InChI=1S/C26H42O4/c1-25(29,21-26(2)23(27)20-24(28)30-26)19-15-10-8-6-4-3-5-7-9-12-16-22-17-13-11-14-18-22/h11,13-14,17-18,23,27,29H,3-10,12,15-16,19-21H2,1-2H3/t23-,25+,26-/m1/s1. The van der Waals surface area contributed by atoms with Crippen molar-refractivity contribution in [3.05, 3.63) is 35.9 Å². The zero-order chi connectivity index (χ0) is 21.9. The second-order valence-electron chi connectivity index (χ2n) is 9.70. The number of rotatable bonds is 15. The molecule has 0 unspecified atom stereocenters. The Morgan fingerprint density at radius 1 is 0.967 bits per heavy atom. The molecule has 1 aromatic rings. The lowest BCUT2D eigenvalue weighted by molar-refractivity contribution is -0.155. The summed E-state index contributed by atoms with van der Waals surface area (Å²) in [6, 6.07) is 10.7. The van der Waals surface area contributed by atoms with Gasteiger partial charge in [0.05, 0.1) is 12.0 Å². The number of hydrogen-bond acceptors (Lipinski definition) is 4. The molecule has 1 fully saturated rings. The molecule has 0 amide bonds. The number of cyclic esters (lactones) is 1. The molecule has 2 N–H and O–H groups in total. The maximum atomic E-state index is 11.4. The van der Waals surface area contributed by atoms with Crippen molar-refractivity contribution in [1.29, 1.82) is 0 Å². The Morgan fingerprint density at radius 2 is 1.50 bits per heavy atom. The number of benzene rings is 1. The van der Waals surface area contributed by atoms with E-state index in [1.54, 1.807) is 13.8 Å². The summed E-state index contributed by atoms with van der Waals surface area (Å²) < 4.78 is 5.28. The molecule has 4 nitrogen and oxygen atoms in total. The number of ether oxygens (including phenoxy) is 1. The quantitative estimate of drug-likeness (QED) is 0.282. The van der Waals surface area contributed by atoms with Crippen molar-refractivity contribution in [2.24, 2.45) is 0 Å². The molecule has 1 aliphatic heterocycles. The Kier molecular flexibility index (Phi) is 10.3. The normalized spacial score (nSPS) is 23.3. The first-order valence-electron chi connectivity index (χ1n) is 12.0. The van der Waals surface area contributed by atoms with Gasteiger partial charge in [-0.05, 0) is 38.7 Å². The molecule has 0 spiro atoms. The van der Waals surface area contributed by atoms with E-state index in [1.165, 1.54) is 63.4 Å². The van der Waals surface area contributed by atoms with Crippen LogP contribution >= 0.6 is 0 Å². The molecule has 3 atom stereocenters. The third-order valence-corrected chi connectivity index (χ3v) is 6.42. The number of aryl methyl sites for hydroxylation is 1. The average molecular weight is 419 g/mol. The molecule has 170 valence electrons. The highest BCUT2D eigenvalue weighted by Crippen LogP contribution is 2.36. The van der Waals surface area contributed by atoms with Crippen LogP contribution in [0.25, 0.3) is 0 Å². The lowest BCUT2D eigenvalue weighted by Crippen LogP contribution is -2.44. The number of carbonyl (C=O) groups is 1. The summed E-state index contributed by atoms with van der Waals surface area (Å²) in [7, 11) is 0. The van der Waals surface area contributed by atoms with E-state index >= 15 is 0 Å². The van der Waals surface area contributed by atoms with E-state index in [2.05, 4.69) is 30.3 Å². The van der Waals surface area contributed by atoms with Gasteiger partial charge in [0.15, 0.2) is 0 Å². The van der Waals surface area contributed by atoms with E-state index in [9.17, 15) is 15.0 Å². The summed E-state index contributed by atoms with van der Waals surface area (Å²) in [4.78, 5) is 11.4. The highest BCUT2D eigenvalue weighted by atomic mass is 16.6. The minimum atomic E-state index is -0.957. The van der Waals surface area contributed by atoms with Crippen LogP contribution in [0.5, 0.6) is 0 Å². The van der Waals surface area contributed by atoms with E-state index in [0.29, 0.717) is 6.42 Å². The van der Waals surface area contributed by atoms with E-state index in [-0.39, 0.29) is 18.8 Å². The summed E-state index contributed by atoms with van der Waals surface area (Å²) in [5.41, 5.74) is -0.423. The maximum Gasteiger partial charge on any atom is 0.309 e. The van der Waals surface area contributed by atoms with Crippen LogP contribution in [-0.2, 0) is 16.0 Å². The van der Waals surface area contributed by atoms with Gasteiger partial charge < -0.3 is 14.9 Å². The third-order valence-electron chi connectivity index (χ3n) is 6.42. The Morgan fingerprint density at radius 3 is 2.03 bits per heavy atom. The summed E-state index contributed by atoms with van der Waals surface area (Å²) in [5.74, 6) is -0.378. The van der Waals surface area contributed by atoms with Crippen LogP contribution in [0.1, 0.15) is 103 Å². The van der Waals surface area contributed by atoms with E-state index in [4.69, 9.17) is 4.74 Å². The predicted molar refractivity (Wildman–Crippen MR) is 121 cm³/mol. The number of unbranched alkanes of at least 4 members (excludes halogenated alkanes) is 9. The van der Waals surface area contributed by atoms with Crippen molar-refractivity contribution < 1.29 is 19.7 Å². The van der Waals surface area contributed by atoms with Crippen molar-refractivity contribution in [2.75, 3.05) is 0 Å². The van der Waals surface area contributed by atoms with Crippen LogP contribution in [0.2, 0.25) is 0 Å². The van der Waals surface area contributed by atoms with E-state index in [0.717, 1.165) is 12.8 Å². The molecule has 1 aliphatic rings. The van der Waals surface area contributed by atoms with Gasteiger partial charge in [-0.2, -0.15) is 0 Å². The minimum absolute atomic E-state index is 0.0274. The number of aliphatic hydroxyl groups excluding tert-OH is 1. The second kappa shape index (κ2) is 12.5. The van der Waals surface area contributed by atoms with E-state index in [1.807, 2.05) is 0 Å². The van der Waals surface area contributed by atoms with Crippen LogP contribution in [0.3, 0.4) is 0 Å². The van der Waals surface area contributed by atoms with Gasteiger partial charge in [0, 0.05) is 6.42 Å². The maximum absolute atomic E-state index is 11.4. The highest BCUT2D eigenvalue weighted by Gasteiger charge is 2.48. The SMILES string of the molecule is C[C@](O)(CCCCCCCCCCCCc1ccccc1)C[C@@]1(C)OC(=O)C[C@H]1O. The first kappa shape index (κ1) is 24.9. The van der Waals surface area contributed by atoms with Crippen LogP contribution in [0.15, 0.2) is 30.3 Å². The molecule has 0 radical (unpaired) electrons. The van der Waals surface area contributed by atoms with Crippen LogP contribution in [-0.4, -0.2) is 33.5 Å². The molecular formula is C26H42O4. The number of aliphatic hydroxyl groups is 2. The Balaban J connectivity index is 1.42. The lowest BCUT2D eigenvalue weighted by Gasteiger charge is -2.34. The zero-order valence-corrected chi connectivity index (χ0v) is 19.1. The van der Waals surface area contributed by atoms with Gasteiger partial charge in [-0.25, -0.2) is 0 Å². The largest absolute Gasteiger partial charge is 0.456 e. The number of hydrogen-bond donors (Lipinski definition) is 2. The van der Waals surface area contributed by atoms with Crippen LogP contribution < -0.4 is 0 Å². The van der Waals surface area contributed by atoms with Crippen LogP contribution in [0.4, 0.5) is 0 Å². The smallest absolute Gasteiger partial charge is 0.309 e. The summed E-state index contributed by atoms with van der Waals surface area (Å²) in [6.45, 7) is 3.51. The fourth-order valence-corrected chi connectivity index (χ4v) is 4.64. The molecule has 1 heterocycles. The summed E-state index contributed by atoms with van der Waals surface area (Å²) in [6.07, 6.45) is 13.8. The molecule has 0 aromatic heterocycles. The third kappa shape index (κ3) is 9.18. The second-order valence-corrected chi connectivity index (χ2v) is 9.70. The fraction of sp³-hybridized carbons (Fsp3) is 0.731. The Hall–Kier alpha value is -1.39. The zero-order valence-electron chi connectivity index (χ0n) is 19.1. The van der Waals surface area contributed by atoms with Gasteiger partial charge >= 0.3 is 5.97 Å². The average Bonchev–Trinajstić information content (AvgIpc) is 2.93. The molecular weight excluding hydrogens is 376 g/mol. The topological polar surface area (TPSA) is 66.8 Å². The van der Waals surface area contributed by atoms with Crippen molar-refractivity contribution >= 4 is 5.97 Å². The minimum Gasteiger partial charge on any atom is -0.456 e. The molecule has 0 aliphatic carbocycles. The van der Waals surface area contributed by atoms with Gasteiger partial charge in [-0.3, -0.25) is 4.79 Å². The molecule has 1 saturated heterocycles. The first-order valence-corrected chi connectivity index (χ1v) is 12.0. The van der Waals surface area contributed by atoms with Crippen molar-refractivity contribution in [3.8, 4) is 0 Å². The Labute approximate surface area is 183 Å². The van der Waals surface area contributed by atoms with Gasteiger partial charge in [-0.15, -0.1) is 0 Å². The first-order chi connectivity index (χ1) is 14.3. The molecule has 4 heteroatoms. The molecule has 0 saturated carbocycles. The highest BCUT2D eigenvalue weighted by molar-refractivity contribution is 5.73. The number of esters is 1. The predicted octanol–water partition coefficient (Wildman–Crippen LogP) is 5.73. The van der Waals surface area contributed by atoms with Gasteiger partial charge in [0.2, 0.25) is 0 Å². The molecule has 0 bridgehead atoms. The Bertz CT molecular complexity index is 613. The van der Waals surface area contributed by atoms with Crippen molar-refractivity contribution in [1.82, 2.24) is 0 Å². The van der Waals surface area contributed by atoms with Gasteiger partial charge in [0.1, 0.15) is 11.7 Å². The van der Waals surface area contributed by atoms with Gasteiger partial charge in [0.25, 0.3) is 0 Å². The van der Waals surface area contributed by atoms with Crippen LogP contribution in [0, 0.1) is 0 Å². The summed E-state index contributed by atoms with van der Waals surface area (Å²) >= 11 is 0. The van der Waals surface area contributed by atoms with Crippen molar-refractivity contribution in [2.45, 2.75) is 121 Å². The number of carbonyl (C=O) groups excluding carboxylic acids is 1. The molecule has 30 heavy (non-hydrogen) atoms. The molecule has 1 aromatic carbocycles. The van der Waals surface area contributed by atoms with E-state index < -0.39 is 17.3 Å². The van der Waals surface area contributed by atoms with Gasteiger partial charge in [-0.1, -0.05) is 88.1 Å². The summed E-state index contributed by atoms with van der Waals surface area (Å²) in [5, 5.41) is 20.7. The van der Waals surface area contributed by atoms with Crippen molar-refractivity contribution in [3.63, 3.8) is 0 Å². The monoisotopic (exact) mass is 418 g/mol.